The largest absolute Gasteiger partial charge is 0.493 e. The minimum absolute atomic E-state index is 0.0113. The van der Waals surface area contributed by atoms with Crippen molar-refractivity contribution in [1.29, 1.82) is 0 Å². The predicted octanol–water partition coefficient (Wildman–Crippen LogP) is 2.61. The second-order valence-electron chi connectivity index (χ2n) is 6.59. The molecule has 158 valence electrons. The fourth-order valence-electron chi connectivity index (χ4n) is 3.30. The smallest absolute Gasteiger partial charge is 0.271 e. The Bertz CT molecular complexity index is 967. The molecule has 1 saturated heterocycles. The molecule has 1 aliphatic rings. The fraction of sp³-hybridized carbons (Fsp3) is 0.300. The van der Waals surface area contributed by atoms with Gasteiger partial charge < -0.3 is 24.4 Å². The molecule has 30 heavy (non-hydrogen) atoms. The van der Waals surface area contributed by atoms with Gasteiger partial charge in [0, 0.05) is 42.9 Å². The number of benzene rings is 2. The van der Waals surface area contributed by atoms with Crippen LogP contribution in [0.5, 0.6) is 17.2 Å². The van der Waals surface area contributed by atoms with Gasteiger partial charge in [0.25, 0.3) is 5.69 Å². The number of hydrogen-bond donors (Lipinski definition) is 1. The molecule has 2 aromatic rings. The van der Waals surface area contributed by atoms with E-state index in [2.05, 4.69) is 5.32 Å². The Balaban J connectivity index is 1.79. The Morgan fingerprint density at radius 3 is 2.37 bits per heavy atom. The standard InChI is InChI=1S/C20H21N3O7/c1-28-16-9-15(10-17(29-2)19(16)30-3)22-11-12(7-18(22)24)20(25)21-13-5-4-6-14(8-13)23(26)27/h4-6,8-10,12H,7,11H2,1-3H3,(H,21,25)/t12-/m1/s1. The number of rotatable bonds is 7. The summed E-state index contributed by atoms with van der Waals surface area (Å²) < 4.78 is 15.9. The highest BCUT2D eigenvalue weighted by Gasteiger charge is 2.36. The number of methoxy groups -OCH3 is 3. The predicted molar refractivity (Wildman–Crippen MR) is 108 cm³/mol. The number of carbonyl (C=O) groups excluding carboxylic acids is 2. The summed E-state index contributed by atoms with van der Waals surface area (Å²) in [5.74, 6) is -0.0539. The summed E-state index contributed by atoms with van der Waals surface area (Å²) in [6.45, 7) is 0.151. The highest BCUT2D eigenvalue weighted by molar-refractivity contribution is 6.03. The van der Waals surface area contributed by atoms with Crippen LogP contribution in [0.4, 0.5) is 17.1 Å². The van der Waals surface area contributed by atoms with E-state index in [1.165, 1.54) is 44.4 Å². The Kier molecular flexibility index (Phi) is 6.05. The maximum atomic E-state index is 12.6. The molecule has 2 aromatic carbocycles. The van der Waals surface area contributed by atoms with Gasteiger partial charge in [-0.1, -0.05) is 6.07 Å². The zero-order chi connectivity index (χ0) is 21.8. The van der Waals surface area contributed by atoms with E-state index in [0.717, 1.165) is 0 Å². The van der Waals surface area contributed by atoms with E-state index in [0.29, 0.717) is 28.6 Å². The molecular weight excluding hydrogens is 394 g/mol. The third-order valence-corrected chi connectivity index (χ3v) is 4.78. The maximum absolute atomic E-state index is 12.6. The van der Waals surface area contributed by atoms with Crippen LogP contribution in [0.25, 0.3) is 0 Å². The van der Waals surface area contributed by atoms with Gasteiger partial charge in [-0.15, -0.1) is 0 Å². The minimum Gasteiger partial charge on any atom is -0.493 e. The zero-order valence-electron chi connectivity index (χ0n) is 16.7. The van der Waals surface area contributed by atoms with Crippen molar-refractivity contribution in [3.05, 3.63) is 46.5 Å². The first-order valence-corrected chi connectivity index (χ1v) is 9.03. The van der Waals surface area contributed by atoms with Gasteiger partial charge in [0.2, 0.25) is 17.6 Å². The van der Waals surface area contributed by atoms with Gasteiger partial charge in [0.05, 0.1) is 37.9 Å². The minimum atomic E-state index is -0.615. The Labute approximate surface area is 172 Å². The summed E-state index contributed by atoms with van der Waals surface area (Å²) in [4.78, 5) is 37.1. The number of hydrogen-bond acceptors (Lipinski definition) is 7. The average Bonchev–Trinajstić information content (AvgIpc) is 3.14. The Morgan fingerprint density at radius 2 is 1.80 bits per heavy atom. The number of carbonyl (C=O) groups is 2. The molecule has 0 aliphatic carbocycles. The second kappa shape index (κ2) is 8.68. The molecule has 0 saturated carbocycles. The molecule has 0 spiro atoms. The topological polar surface area (TPSA) is 120 Å². The first kappa shape index (κ1) is 20.9. The number of non-ortho nitro benzene ring substituents is 1. The molecule has 1 N–H and O–H groups in total. The van der Waals surface area contributed by atoms with Crippen molar-refractivity contribution in [2.75, 3.05) is 38.1 Å². The molecule has 0 bridgehead atoms. The van der Waals surface area contributed by atoms with E-state index in [1.54, 1.807) is 18.2 Å². The summed E-state index contributed by atoms with van der Waals surface area (Å²) in [6, 6.07) is 8.92. The average molecular weight is 415 g/mol. The van der Waals surface area contributed by atoms with Crippen LogP contribution in [-0.4, -0.2) is 44.6 Å². The number of anilines is 2. The number of ether oxygens (including phenoxy) is 3. The monoisotopic (exact) mass is 415 g/mol. The first-order valence-electron chi connectivity index (χ1n) is 9.03. The molecule has 1 aliphatic heterocycles. The number of nitrogens with one attached hydrogen (secondary N) is 1. The first-order chi connectivity index (χ1) is 14.4. The van der Waals surface area contributed by atoms with Crippen LogP contribution in [0, 0.1) is 16.0 Å². The quantitative estimate of drug-likeness (QED) is 0.545. The summed E-state index contributed by atoms with van der Waals surface area (Å²) in [5.41, 5.74) is 0.683. The molecule has 0 aromatic heterocycles. The molecule has 10 heteroatoms. The fourth-order valence-corrected chi connectivity index (χ4v) is 3.30. The van der Waals surface area contributed by atoms with Gasteiger partial charge in [0.15, 0.2) is 11.5 Å². The van der Waals surface area contributed by atoms with Crippen molar-refractivity contribution in [3.8, 4) is 17.2 Å². The van der Waals surface area contributed by atoms with Gasteiger partial charge in [0.1, 0.15) is 0 Å². The van der Waals surface area contributed by atoms with Gasteiger partial charge in [-0.05, 0) is 6.07 Å². The van der Waals surface area contributed by atoms with Crippen LogP contribution < -0.4 is 24.4 Å². The highest BCUT2D eigenvalue weighted by atomic mass is 16.6. The van der Waals surface area contributed by atoms with Crippen molar-refractivity contribution in [2.24, 2.45) is 5.92 Å². The molecule has 1 atom stereocenters. The molecule has 1 heterocycles. The lowest BCUT2D eigenvalue weighted by Gasteiger charge is -2.20. The van der Waals surface area contributed by atoms with E-state index in [4.69, 9.17) is 14.2 Å². The molecule has 0 unspecified atom stereocenters. The second-order valence-corrected chi connectivity index (χ2v) is 6.59. The van der Waals surface area contributed by atoms with Gasteiger partial charge in [-0.3, -0.25) is 19.7 Å². The zero-order valence-corrected chi connectivity index (χ0v) is 16.7. The third kappa shape index (κ3) is 4.12. The van der Waals surface area contributed by atoms with Crippen LogP contribution in [0.15, 0.2) is 36.4 Å². The molecule has 1 fully saturated rings. The molecule has 2 amide bonds. The van der Waals surface area contributed by atoms with E-state index in [1.807, 2.05) is 0 Å². The van der Waals surface area contributed by atoms with Crippen LogP contribution >= 0.6 is 0 Å². The lowest BCUT2D eigenvalue weighted by Crippen LogP contribution is -2.28. The number of amides is 2. The van der Waals surface area contributed by atoms with E-state index < -0.39 is 16.7 Å². The van der Waals surface area contributed by atoms with Crippen molar-refractivity contribution in [1.82, 2.24) is 0 Å². The van der Waals surface area contributed by atoms with Crippen LogP contribution in [0.1, 0.15) is 6.42 Å². The van der Waals surface area contributed by atoms with Crippen molar-refractivity contribution in [3.63, 3.8) is 0 Å². The summed E-state index contributed by atoms with van der Waals surface area (Å²) in [5, 5.41) is 13.5. The summed E-state index contributed by atoms with van der Waals surface area (Å²) in [7, 11) is 4.43. The Hall–Kier alpha value is -3.82. The Morgan fingerprint density at radius 1 is 1.13 bits per heavy atom. The third-order valence-electron chi connectivity index (χ3n) is 4.78. The van der Waals surface area contributed by atoms with Crippen molar-refractivity contribution in [2.45, 2.75) is 6.42 Å². The van der Waals surface area contributed by atoms with E-state index >= 15 is 0 Å². The lowest BCUT2D eigenvalue weighted by atomic mass is 10.1. The summed E-state index contributed by atoms with van der Waals surface area (Å²) >= 11 is 0. The highest BCUT2D eigenvalue weighted by Crippen LogP contribution is 2.42. The number of nitro groups is 1. The van der Waals surface area contributed by atoms with Crippen molar-refractivity contribution < 1.29 is 28.7 Å². The summed E-state index contributed by atoms with van der Waals surface area (Å²) in [6.07, 6.45) is 0.0113. The van der Waals surface area contributed by atoms with Crippen LogP contribution in [-0.2, 0) is 9.59 Å². The van der Waals surface area contributed by atoms with Gasteiger partial charge in [-0.2, -0.15) is 0 Å². The van der Waals surface area contributed by atoms with Crippen LogP contribution in [0.2, 0.25) is 0 Å². The number of nitrogens with zero attached hydrogens (tertiary/aromatic N) is 2. The van der Waals surface area contributed by atoms with Gasteiger partial charge in [-0.25, -0.2) is 0 Å². The molecule has 10 nitrogen and oxygen atoms in total. The SMILES string of the molecule is COc1cc(N2C[C@H](C(=O)Nc3cccc([N+](=O)[O-])c3)CC2=O)cc(OC)c1OC. The maximum Gasteiger partial charge on any atom is 0.271 e. The van der Waals surface area contributed by atoms with Crippen molar-refractivity contribution >= 4 is 28.9 Å². The van der Waals surface area contributed by atoms with Gasteiger partial charge >= 0.3 is 0 Å². The molecule has 3 rings (SSSR count). The van der Waals surface area contributed by atoms with E-state index in [-0.39, 0.29) is 24.6 Å². The lowest BCUT2D eigenvalue weighted by molar-refractivity contribution is -0.384. The molecule has 0 radical (unpaired) electrons. The normalized spacial score (nSPS) is 15.6. The number of nitro benzene ring substituents is 1. The molecular formula is C20H21N3O7. The van der Waals surface area contributed by atoms with E-state index in [9.17, 15) is 19.7 Å². The van der Waals surface area contributed by atoms with Crippen LogP contribution in [0.3, 0.4) is 0 Å².